The first kappa shape index (κ1) is 25.6. The van der Waals surface area contributed by atoms with Crippen molar-refractivity contribution in [3.05, 3.63) is 69.4 Å². The molecule has 0 radical (unpaired) electrons. The zero-order valence-corrected chi connectivity index (χ0v) is 22.9. The van der Waals surface area contributed by atoms with Gasteiger partial charge in [0.15, 0.2) is 0 Å². The highest BCUT2D eigenvalue weighted by molar-refractivity contribution is 6.30. The van der Waals surface area contributed by atoms with E-state index >= 15 is 0 Å². The molecule has 1 fully saturated rings. The van der Waals surface area contributed by atoms with Gasteiger partial charge >= 0.3 is 5.69 Å². The number of rotatable bonds is 5. The lowest BCUT2D eigenvalue weighted by Crippen LogP contribution is -2.42. The molecule has 5 rings (SSSR count). The summed E-state index contributed by atoms with van der Waals surface area (Å²) in [5.41, 5.74) is 3.11. The molecule has 2 aliphatic rings. The number of para-hydroxylation sites is 2. The lowest BCUT2D eigenvalue weighted by Gasteiger charge is -2.36. The van der Waals surface area contributed by atoms with Gasteiger partial charge in [-0.2, -0.15) is 0 Å². The number of nitrogens with zero attached hydrogens (tertiary/aromatic N) is 4. The molecule has 0 saturated heterocycles. The number of aryl methyl sites for hydroxylation is 1. The van der Waals surface area contributed by atoms with Gasteiger partial charge in [-0.15, -0.1) is 0 Å². The second-order valence-corrected chi connectivity index (χ2v) is 11.8. The van der Waals surface area contributed by atoms with Crippen molar-refractivity contribution in [2.75, 3.05) is 6.54 Å². The van der Waals surface area contributed by atoms with E-state index in [2.05, 4.69) is 48.1 Å². The monoisotopic (exact) mass is 521 g/mol. The second-order valence-electron chi connectivity index (χ2n) is 11.4. The highest BCUT2D eigenvalue weighted by atomic mass is 35.5. The number of amides is 1. The number of fused-ring (bicyclic) bond motifs is 1. The average Bonchev–Trinajstić information content (AvgIpc) is 3.45. The van der Waals surface area contributed by atoms with Crippen LogP contribution in [-0.2, 0) is 6.54 Å². The van der Waals surface area contributed by atoms with Gasteiger partial charge in [0.25, 0.3) is 5.91 Å². The van der Waals surface area contributed by atoms with E-state index < -0.39 is 0 Å². The minimum atomic E-state index is -0.122. The number of nitrogens with one attached hydrogen (secondary N) is 1. The summed E-state index contributed by atoms with van der Waals surface area (Å²) in [5, 5.41) is 3.63. The van der Waals surface area contributed by atoms with Gasteiger partial charge in [-0.05, 0) is 90.0 Å². The molecule has 0 atom stereocenters. The van der Waals surface area contributed by atoms with Crippen molar-refractivity contribution >= 4 is 34.4 Å². The van der Waals surface area contributed by atoms with Crippen LogP contribution in [-0.4, -0.2) is 43.1 Å². The third-order valence-electron chi connectivity index (χ3n) is 7.75. The first-order valence-corrected chi connectivity index (χ1v) is 13.6. The molecule has 0 spiro atoms. The van der Waals surface area contributed by atoms with Crippen molar-refractivity contribution in [2.24, 2.45) is 5.92 Å². The molecule has 1 amide bonds. The van der Waals surface area contributed by atoms with Crippen molar-refractivity contribution in [3.8, 4) is 0 Å². The molecule has 3 heterocycles. The van der Waals surface area contributed by atoms with Crippen LogP contribution >= 0.6 is 11.6 Å². The van der Waals surface area contributed by atoms with Crippen LogP contribution in [0.3, 0.4) is 0 Å². The number of hydrogen-bond donors (Lipinski definition) is 1. The van der Waals surface area contributed by atoms with Crippen molar-refractivity contribution in [1.29, 1.82) is 0 Å². The number of aromatic nitrogens is 3. The standard InChI is InChI=1S/C29H36ClN5O2/c1-19-23(16-21(30)17-31-19)27(36)32-22-13-11-20(12-14-22)18-33-24-8-5-6-9-25(24)35(28(33)37)26-10-7-15-34(26)29(2,3)4/h5-6,8-10,16-17,20,22H,7,11-15,18H2,1-4H3,(H,32,36). The van der Waals surface area contributed by atoms with Gasteiger partial charge in [-0.3, -0.25) is 14.3 Å². The zero-order chi connectivity index (χ0) is 26.3. The fourth-order valence-electron chi connectivity index (χ4n) is 5.79. The van der Waals surface area contributed by atoms with Crippen LogP contribution < -0.4 is 11.0 Å². The molecule has 3 aromatic rings. The highest BCUT2D eigenvalue weighted by Gasteiger charge is 2.31. The van der Waals surface area contributed by atoms with Crippen molar-refractivity contribution in [2.45, 2.75) is 77.9 Å². The maximum Gasteiger partial charge on any atom is 0.334 e. The summed E-state index contributed by atoms with van der Waals surface area (Å²) in [6, 6.07) is 9.90. The van der Waals surface area contributed by atoms with E-state index in [0.29, 0.717) is 28.7 Å². The minimum absolute atomic E-state index is 0.0305. The number of imidazole rings is 1. The molecule has 7 nitrogen and oxygen atoms in total. The summed E-state index contributed by atoms with van der Waals surface area (Å²) in [7, 11) is 0. The normalized spacial score (nSPS) is 20.4. The first-order valence-electron chi connectivity index (χ1n) is 13.2. The number of carbonyl (C=O) groups excluding carboxylic acids is 1. The van der Waals surface area contributed by atoms with Gasteiger partial charge in [-0.1, -0.05) is 23.7 Å². The van der Waals surface area contributed by atoms with Crippen LogP contribution in [0.25, 0.3) is 16.9 Å². The average molecular weight is 522 g/mol. The summed E-state index contributed by atoms with van der Waals surface area (Å²) < 4.78 is 3.86. The summed E-state index contributed by atoms with van der Waals surface area (Å²) in [6.45, 7) is 10.0. The quantitative estimate of drug-likeness (QED) is 0.484. The van der Waals surface area contributed by atoms with Gasteiger partial charge < -0.3 is 10.2 Å². The molecule has 0 unspecified atom stereocenters. The van der Waals surface area contributed by atoms with Crippen molar-refractivity contribution in [1.82, 2.24) is 24.3 Å². The summed E-state index contributed by atoms with van der Waals surface area (Å²) in [6.07, 6.45) is 8.38. The number of carbonyl (C=O) groups is 1. The second kappa shape index (κ2) is 10.0. The van der Waals surface area contributed by atoms with Crippen LogP contribution in [0.4, 0.5) is 0 Å². The number of hydrogen-bond acceptors (Lipinski definition) is 4. The smallest absolute Gasteiger partial charge is 0.334 e. The fourth-order valence-corrected chi connectivity index (χ4v) is 5.95. The largest absolute Gasteiger partial charge is 0.353 e. The maximum absolute atomic E-state index is 13.8. The third-order valence-corrected chi connectivity index (χ3v) is 7.96. The van der Waals surface area contributed by atoms with E-state index in [0.717, 1.165) is 55.5 Å². The maximum atomic E-state index is 13.8. The summed E-state index contributed by atoms with van der Waals surface area (Å²) in [4.78, 5) is 33.2. The fraction of sp³-hybridized carbons (Fsp3) is 0.483. The lowest BCUT2D eigenvalue weighted by molar-refractivity contribution is 0.0919. The third kappa shape index (κ3) is 5.06. The molecule has 8 heteroatoms. The molecule has 196 valence electrons. The molecular weight excluding hydrogens is 486 g/mol. The first-order chi connectivity index (χ1) is 17.6. The number of pyridine rings is 1. The Bertz CT molecular complexity index is 1410. The van der Waals surface area contributed by atoms with E-state index in [-0.39, 0.29) is 23.2 Å². The number of halogens is 1. The van der Waals surface area contributed by atoms with Crippen molar-refractivity contribution < 1.29 is 4.79 Å². The Kier molecular flexibility index (Phi) is 6.92. The van der Waals surface area contributed by atoms with E-state index in [1.54, 1.807) is 12.3 Å². The Morgan fingerprint density at radius 3 is 2.54 bits per heavy atom. The van der Waals surface area contributed by atoms with Crippen LogP contribution in [0.5, 0.6) is 0 Å². The molecule has 0 bridgehead atoms. The van der Waals surface area contributed by atoms with Crippen LogP contribution in [0.2, 0.25) is 5.02 Å². The molecule has 1 aromatic carbocycles. The molecule has 1 saturated carbocycles. The predicted octanol–water partition coefficient (Wildman–Crippen LogP) is 5.45. The summed E-state index contributed by atoms with van der Waals surface area (Å²) in [5.74, 6) is 1.25. The van der Waals surface area contributed by atoms with Gasteiger partial charge in [0, 0.05) is 30.9 Å². The van der Waals surface area contributed by atoms with E-state index in [1.165, 1.54) is 0 Å². The van der Waals surface area contributed by atoms with Crippen LogP contribution in [0.1, 0.15) is 68.9 Å². The minimum Gasteiger partial charge on any atom is -0.353 e. The Balaban J connectivity index is 1.31. The Morgan fingerprint density at radius 1 is 1.14 bits per heavy atom. The molecule has 1 aliphatic carbocycles. The lowest BCUT2D eigenvalue weighted by atomic mass is 9.85. The van der Waals surface area contributed by atoms with E-state index in [9.17, 15) is 9.59 Å². The SMILES string of the molecule is Cc1ncc(Cl)cc1C(=O)NC1CCC(Cn2c(=O)n(C3=CCCN3C(C)(C)C)c3ccccc32)CC1. The van der Waals surface area contributed by atoms with Gasteiger partial charge in [0.05, 0.1) is 27.3 Å². The van der Waals surface area contributed by atoms with Crippen LogP contribution in [0.15, 0.2) is 47.4 Å². The molecule has 37 heavy (non-hydrogen) atoms. The molecular formula is C29H36ClN5O2. The number of benzene rings is 1. The molecule has 1 N–H and O–H groups in total. The predicted molar refractivity (Wildman–Crippen MR) is 149 cm³/mol. The van der Waals surface area contributed by atoms with Gasteiger partial charge in [0.2, 0.25) is 0 Å². The highest BCUT2D eigenvalue weighted by Crippen LogP contribution is 2.31. The Hall–Kier alpha value is -3.06. The van der Waals surface area contributed by atoms with Gasteiger partial charge in [-0.25, -0.2) is 9.36 Å². The molecule has 2 aromatic heterocycles. The topological polar surface area (TPSA) is 72.2 Å². The summed E-state index contributed by atoms with van der Waals surface area (Å²) >= 11 is 6.05. The van der Waals surface area contributed by atoms with Crippen LogP contribution in [0, 0.1) is 12.8 Å². The Morgan fingerprint density at radius 2 is 1.84 bits per heavy atom. The Labute approximate surface area is 223 Å². The molecule has 1 aliphatic heterocycles. The van der Waals surface area contributed by atoms with Gasteiger partial charge in [0.1, 0.15) is 5.82 Å². The van der Waals surface area contributed by atoms with E-state index in [1.807, 2.05) is 34.3 Å². The van der Waals surface area contributed by atoms with E-state index in [4.69, 9.17) is 11.6 Å². The van der Waals surface area contributed by atoms with Crippen molar-refractivity contribution in [3.63, 3.8) is 0 Å². The zero-order valence-electron chi connectivity index (χ0n) is 22.1.